The lowest BCUT2D eigenvalue weighted by Gasteiger charge is -2.28. The van der Waals surface area contributed by atoms with Gasteiger partial charge in [0.1, 0.15) is 17.5 Å². The summed E-state index contributed by atoms with van der Waals surface area (Å²) in [5, 5.41) is 3.31. The van der Waals surface area contributed by atoms with E-state index in [1.165, 1.54) is 16.7 Å². The Kier molecular flexibility index (Phi) is 7.01. The molecule has 4 heterocycles. The maximum absolute atomic E-state index is 14.1. The molecular weight excluding hydrogens is 523 g/mol. The van der Waals surface area contributed by atoms with Crippen LogP contribution in [0.2, 0.25) is 0 Å². The molecule has 12 heteroatoms. The number of carbonyl (C=O) groups excluding carboxylic acids is 1. The molecule has 6 rings (SSSR count). The van der Waals surface area contributed by atoms with Gasteiger partial charge in [0.05, 0.1) is 24.2 Å². The van der Waals surface area contributed by atoms with Crippen molar-refractivity contribution in [3.05, 3.63) is 71.3 Å². The summed E-state index contributed by atoms with van der Waals surface area (Å²) in [5.41, 5.74) is 1.99. The molecule has 0 saturated carbocycles. The van der Waals surface area contributed by atoms with E-state index in [1.54, 1.807) is 48.2 Å². The Morgan fingerprint density at radius 1 is 1.02 bits per heavy atom. The number of hydrogen-bond donors (Lipinski definition) is 1. The van der Waals surface area contributed by atoms with Crippen LogP contribution in [0.25, 0.3) is 16.9 Å². The Bertz CT molecular complexity index is 1550. The molecule has 2 aliphatic heterocycles. The number of amides is 1. The number of morpholine rings is 1. The number of carbonyl (C=O) groups is 1. The van der Waals surface area contributed by atoms with Crippen LogP contribution in [-0.4, -0.2) is 75.8 Å². The minimum absolute atomic E-state index is 0.181. The van der Waals surface area contributed by atoms with E-state index in [0.717, 1.165) is 0 Å². The third kappa shape index (κ3) is 5.06. The van der Waals surface area contributed by atoms with Crippen molar-refractivity contribution in [2.45, 2.75) is 25.8 Å². The molecule has 208 valence electrons. The van der Waals surface area contributed by atoms with Gasteiger partial charge in [-0.2, -0.15) is 9.97 Å². The van der Waals surface area contributed by atoms with Gasteiger partial charge >= 0.3 is 0 Å². The number of alkyl halides is 2. The number of nitrogens with zero attached hydrogens (tertiary/aromatic N) is 6. The van der Waals surface area contributed by atoms with Gasteiger partial charge in [0.2, 0.25) is 5.95 Å². The molecule has 0 bridgehead atoms. The summed E-state index contributed by atoms with van der Waals surface area (Å²) in [6.07, 6.45) is -2.19. The maximum atomic E-state index is 14.1. The second-order valence-electron chi connectivity index (χ2n) is 9.94. The zero-order chi connectivity index (χ0) is 27.8. The fourth-order valence-corrected chi connectivity index (χ4v) is 5.23. The topological polar surface area (TPSA) is 88.4 Å². The highest BCUT2D eigenvalue weighted by Crippen LogP contribution is 2.30. The Balaban J connectivity index is 1.32. The molecule has 1 atom stereocenters. The number of aryl methyl sites for hydroxylation is 1. The van der Waals surface area contributed by atoms with Gasteiger partial charge in [-0.15, -0.1) is 0 Å². The highest BCUT2D eigenvalue weighted by Gasteiger charge is 2.29. The zero-order valence-corrected chi connectivity index (χ0v) is 21.9. The number of anilines is 2. The molecule has 0 radical (unpaired) electrons. The molecule has 2 fully saturated rings. The van der Waals surface area contributed by atoms with Gasteiger partial charge in [0.25, 0.3) is 12.3 Å². The summed E-state index contributed by atoms with van der Waals surface area (Å²) in [4.78, 5) is 30.3. The van der Waals surface area contributed by atoms with Gasteiger partial charge in [-0.1, -0.05) is 18.2 Å². The third-order valence-electron chi connectivity index (χ3n) is 7.28. The van der Waals surface area contributed by atoms with Gasteiger partial charge in [0.15, 0.2) is 5.82 Å². The molecule has 9 nitrogen and oxygen atoms in total. The molecule has 2 aromatic carbocycles. The van der Waals surface area contributed by atoms with Crippen molar-refractivity contribution in [2.75, 3.05) is 49.6 Å². The van der Waals surface area contributed by atoms with Crippen LogP contribution in [0.3, 0.4) is 0 Å². The van der Waals surface area contributed by atoms with Crippen molar-refractivity contribution in [3.8, 4) is 5.82 Å². The van der Waals surface area contributed by atoms with Crippen LogP contribution in [0.4, 0.5) is 24.9 Å². The standard InChI is InChI=1S/C28H28F3N7O2/c1-17-6-7-18(29)14-20(17)27(39)37-9-8-19(16-37)32-28-34-23(36-10-12-40-13-11-36)15-24(35-28)38-22-5-3-2-4-21(22)33-26(38)25(30)31/h2-7,14-15,19,25H,8-13,16H2,1H3,(H,32,34,35)/t19-/m0/s1. The van der Waals surface area contributed by atoms with Crippen molar-refractivity contribution >= 4 is 28.7 Å². The van der Waals surface area contributed by atoms with E-state index in [4.69, 9.17) is 9.72 Å². The van der Waals surface area contributed by atoms with Crippen molar-refractivity contribution in [2.24, 2.45) is 0 Å². The van der Waals surface area contributed by atoms with Crippen LogP contribution in [0.5, 0.6) is 0 Å². The van der Waals surface area contributed by atoms with E-state index < -0.39 is 18.1 Å². The van der Waals surface area contributed by atoms with Crippen LogP contribution in [0, 0.1) is 12.7 Å². The van der Waals surface area contributed by atoms with Crippen molar-refractivity contribution in [1.82, 2.24) is 24.4 Å². The second-order valence-corrected chi connectivity index (χ2v) is 9.94. The molecule has 2 aliphatic rings. The molecule has 1 amide bonds. The molecule has 40 heavy (non-hydrogen) atoms. The average Bonchev–Trinajstić information content (AvgIpc) is 3.59. The SMILES string of the molecule is Cc1ccc(F)cc1C(=O)N1CC[C@H](Nc2nc(N3CCOCC3)cc(-n3c(C(F)F)nc4ccccc43)n2)C1. The summed E-state index contributed by atoms with van der Waals surface area (Å²) in [7, 11) is 0. The second kappa shape index (κ2) is 10.8. The maximum Gasteiger partial charge on any atom is 0.296 e. The Labute approximate surface area is 228 Å². The number of aromatic nitrogens is 4. The number of rotatable bonds is 6. The number of likely N-dealkylation sites (tertiary alicyclic amines) is 1. The smallest absolute Gasteiger partial charge is 0.296 e. The fraction of sp³-hybridized carbons (Fsp3) is 0.357. The molecule has 2 aromatic heterocycles. The van der Waals surface area contributed by atoms with E-state index in [2.05, 4.69) is 15.3 Å². The van der Waals surface area contributed by atoms with E-state index in [9.17, 15) is 18.0 Å². The summed E-state index contributed by atoms with van der Waals surface area (Å²) in [6, 6.07) is 12.6. The number of halogens is 3. The molecule has 0 unspecified atom stereocenters. The van der Waals surface area contributed by atoms with Crippen molar-refractivity contribution in [3.63, 3.8) is 0 Å². The molecule has 1 N–H and O–H groups in total. The monoisotopic (exact) mass is 551 g/mol. The zero-order valence-electron chi connectivity index (χ0n) is 21.9. The predicted molar refractivity (Wildman–Crippen MR) is 144 cm³/mol. The van der Waals surface area contributed by atoms with Crippen LogP contribution in [0.15, 0.2) is 48.5 Å². The number of ether oxygens (including phenoxy) is 1. The first kappa shape index (κ1) is 26.1. The van der Waals surface area contributed by atoms with Crippen LogP contribution < -0.4 is 10.2 Å². The first-order chi connectivity index (χ1) is 19.4. The summed E-state index contributed by atoms with van der Waals surface area (Å²) >= 11 is 0. The lowest BCUT2D eigenvalue weighted by atomic mass is 10.1. The minimum Gasteiger partial charge on any atom is -0.378 e. The van der Waals surface area contributed by atoms with Gasteiger partial charge in [-0.25, -0.2) is 18.2 Å². The lowest BCUT2D eigenvalue weighted by molar-refractivity contribution is 0.0790. The van der Waals surface area contributed by atoms with Crippen molar-refractivity contribution in [1.29, 1.82) is 0 Å². The lowest BCUT2D eigenvalue weighted by Crippen LogP contribution is -2.37. The van der Waals surface area contributed by atoms with Crippen LogP contribution >= 0.6 is 0 Å². The van der Waals surface area contributed by atoms with Crippen LogP contribution in [0.1, 0.15) is 34.6 Å². The molecule has 0 spiro atoms. The summed E-state index contributed by atoms with van der Waals surface area (Å²) in [5.74, 6) is 0.00910. The third-order valence-corrected chi connectivity index (χ3v) is 7.28. The van der Waals surface area contributed by atoms with Crippen molar-refractivity contribution < 1.29 is 22.7 Å². The predicted octanol–water partition coefficient (Wildman–Crippen LogP) is 4.36. The summed E-state index contributed by atoms with van der Waals surface area (Å²) in [6.45, 7) is 4.87. The Morgan fingerprint density at radius 3 is 2.60 bits per heavy atom. The quantitative estimate of drug-likeness (QED) is 0.381. The number of benzene rings is 2. The number of hydrogen-bond acceptors (Lipinski definition) is 7. The highest BCUT2D eigenvalue weighted by molar-refractivity contribution is 5.95. The number of para-hydroxylation sites is 2. The molecule has 2 saturated heterocycles. The number of fused-ring (bicyclic) bond motifs is 1. The number of imidazole rings is 1. The van der Waals surface area contributed by atoms with Gasteiger partial charge < -0.3 is 19.9 Å². The first-order valence-corrected chi connectivity index (χ1v) is 13.2. The summed E-state index contributed by atoms with van der Waals surface area (Å²) < 4.78 is 48.9. The van der Waals surface area contributed by atoms with E-state index in [-0.39, 0.29) is 23.7 Å². The largest absolute Gasteiger partial charge is 0.378 e. The normalized spacial score (nSPS) is 17.7. The van der Waals surface area contributed by atoms with Gasteiger partial charge in [-0.05, 0) is 43.2 Å². The van der Waals surface area contributed by atoms with E-state index in [1.807, 2.05) is 4.90 Å². The van der Waals surface area contributed by atoms with Gasteiger partial charge in [-0.3, -0.25) is 9.36 Å². The number of nitrogens with one attached hydrogen (secondary N) is 1. The molecular formula is C28H28F3N7O2. The molecule has 0 aliphatic carbocycles. The van der Waals surface area contributed by atoms with Gasteiger partial charge in [0, 0.05) is 43.9 Å². The average molecular weight is 552 g/mol. The Morgan fingerprint density at radius 2 is 1.80 bits per heavy atom. The van der Waals surface area contributed by atoms with Crippen LogP contribution in [-0.2, 0) is 4.74 Å². The highest BCUT2D eigenvalue weighted by atomic mass is 19.3. The molecule has 4 aromatic rings. The Hall–Kier alpha value is -4.19. The first-order valence-electron chi connectivity index (χ1n) is 13.2. The minimum atomic E-state index is -2.81. The van der Waals surface area contributed by atoms with E-state index in [0.29, 0.717) is 73.8 Å². The fourth-order valence-electron chi connectivity index (χ4n) is 5.23. The van der Waals surface area contributed by atoms with E-state index >= 15 is 0 Å².